The molecule has 0 saturated carbocycles. The van der Waals surface area contributed by atoms with Gasteiger partial charge in [0, 0.05) is 31.3 Å². The molecule has 6 nitrogen and oxygen atoms in total. The Bertz CT molecular complexity index is 858. The molecule has 1 aliphatic rings. The van der Waals surface area contributed by atoms with E-state index >= 15 is 0 Å². The normalized spacial score (nSPS) is 15.3. The van der Waals surface area contributed by atoms with Crippen LogP contribution >= 0.6 is 0 Å². The van der Waals surface area contributed by atoms with Gasteiger partial charge in [-0.2, -0.15) is 0 Å². The number of benzene rings is 1. The maximum absolute atomic E-state index is 13.1. The third kappa shape index (κ3) is 2.77. The van der Waals surface area contributed by atoms with Crippen molar-refractivity contribution in [1.82, 2.24) is 9.55 Å². The third-order valence-electron chi connectivity index (χ3n) is 4.10. The average Bonchev–Trinajstić information content (AvgIpc) is 2.57. The summed E-state index contributed by atoms with van der Waals surface area (Å²) in [5.41, 5.74) is -0.608. The zero-order valence-electron chi connectivity index (χ0n) is 13.4. The predicted molar refractivity (Wildman–Crippen MR) is 85.0 cm³/mol. The van der Waals surface area contributed by atoms with Crippen molar-refractivity contribution in [2.45, 2.75) is 13.3 Å². The van der Waals surface area contributed by atoms with Crippen molar-refractivity contribution in [3.63, 3.8) is 0 Å². The number of carbonyl (C=O) groups excluding carboxylic acids is 1. The number of nitrogens with zero attached hydrogens (tertiary/aromatic N) is 3. The molecule has 24 heavy (non-hydrogen) atoms. The van der Waals surface area contributed by atoms with Crippen LogP contribution in [-0.2, 0) is 11.8 Å². The highest BCUT2D eigenvalue weighted by atomic mass is 19.3. The fourth-order valence-electron chi connectivity index (χ4n) is 2.83. The van der Waals surface area contributed by atoms with Gasteiger partial charge in [-0.25, -0.2) is 13.8 Å². The monoisotopic (exact) mass is 337 g/mol. The molecule has 0 spiro atoms. The largest absolute Gasteiger partial charge is 0.378 e. The van der Waals surface area contributed by atoms with Crippen LogP contribution in [0.25, 0.3) is 10.9 Å². The van der Waals surface area contributed by atoms with Crippen LogP contribution in [0, 0.1) is 0 Å². The first-order valence-electron chi connectivity index (χ1n) is 7.56. The van der Waals surface area contributed by atoms with Gasteiger partial charge in [0.15, 0.2) is 5.78 Å². The van der Waals surface area contributed by atoms with Gasteiger partial charge >= 0.3 is 0 Å². The molecule has 128 valence electrons. The SMILES string of the molecule is CC(=O)c1cc(C(F)F)cc2c(=O)n(C)c(N3CCOCC3)nc12. The zero-order valence-corrected chi connectivity index (χ0v) is 13.4. The molecule has 0 N–H and O–H groups in total. The number of halogens is 2. The number of ketones is 1. The van der Waals surface area contributed by atoms with Crippen LogP contribution < -0.4 is 10.5 Å². The van der Waals surface area contributed by atoms with Crippen molar-refractivity contribution in [2.24, 2.45) is 7.05 Å². The van der Waals surface area contributed by atoms with Gasteiger partial charge in [-0.3, -0.25) is 14.2 Å². The summed E-state index contributed by atoms with van der Waals surface area (Å²) in [4.78, 5) is 30.9. The van der Waals surface area contributed by atoms with Gasteiger partial charge in [0.2, 0.25) is 5.95 Å². The quantitative estimate of drug-likeness (QED) is 0.801. The van der Waals surface area contributed by atoms with Crippen molar-refractivity contribution < 1.29 is 18.3 Å². The number of alkyl halides is 2. The Hall–Kier alpha value is -2.35. The van der Waals surface area contributed by atoms with Gasteiger partial charge in [0.1, 0.15) is 0 Å². The lowest BCUT2D eigenvalue weighted by Gasteiger charge is -2.29. The number of ether oxygens (including phenoxy) is 1. The van der Waals surface area contributed by atoms with Gasteiger partial charge in [-0.15, -0.1) is 0 Å². The van der Waals surface area contributed by atoms with E-state index in [9.17, 15) is 18.4 Å². The van der Waals surface area contributed by atoms with Crippen LogP contribution in [0.1, 0.15) is 29.3 Å². The smallest absolute Gasteiger partial charge is 0.263 e. The minimum Gasteiger partial charge on any atom is -0.378 e. The number of morpholine rings is 1. The van der Waals surface area contributed by atoms with Crippen LogP contribution in [0.4, 0.5) is 14.7 Å². The van der Waals surface area contributed by atoms with Crippen molar-refractivity contribution in [3.8, 4) is 0 Å². The number of anilines is 1. The Morgan fingerprint density at radius 2 is 1.96 bits per heavy atom. The highest BCUT2D eigenvalue weighted by Gasteiger charge is 2.22. The summed E-state index contributed by atoms with van der Waals surface area (Å²) in [6, 6.07) is 2.23. The first kappa shape index (κ1) is 16.5. The number of carbonyl (C=O) groups is 1. The zero-order chi connectivity index (χ0) is 17.4. The van der Waals surface area contributed by atoms with E-state index < -0.39 is 17.8 Å². The number of aromatic nitrogens is 2. The highest BCUT2D eigenvalue weighted by Crippen LogP contribution is 2.26. The molecule has 2 aromatic rings. The summed E-state index contributed by atoms with van der Waals surface area (Å²) in [6.45, 7) is 3.43. The standard InChI is InChI=1S/C16H17F2N3O3/c1-9(22)11-7-10(14(17)18)8-12-13(11)19-16(20(2)15(12)23)21-3-5-24-6-4-21/h7-8,14H,3-6H2,1-2H3. The Kier molecular flexibility index (Phi) is 4.31. The predicted octanol–water partition coefficient (Wildman–Crippen LogP) is 1.91. The summed E-state index contributed by atoms with van der Waals surface area (Å²) in [5.74, 6) is -0.000669. The van der Waals surface area contributed by atoms with Gasteiger partial charge in [0.25, 0.3) is 12.0 Å². The van der Waals surface area contributed by atoms with E-state index in [1.54, 1.807) is 7.05 Å². The van der Waals surface area contributed by atoms with E-state index in [0.29, 0.717) is 32.3 Å². The first-order valence-corrected chi connectivity index (χ1v) is 7.56. The minimum absolute atomic E-state index is 0.0255. The molecule has 1 aromatic carbocycles. The van der Waals surface area contributed by atoms with Crippen LogP contribution in [0.15, 0.2) is 16.9 Å². The molecular weight excluding hydrogens is 320 g/mol. The fraction of sp³-hybridized carbons (Fsp3) is 0.438. The second kappa shape index (κ2) is 6.27. The maximum atomic E-state index is 13.1. The molecule has 2 heterocycles. The number of Topliss-reactive ketones (excluding diaryl/α,β-unsaturated/α-hetero) is 1. The van der Waals surface area contributed by atoms with Gasteiger partial charge in [-0.1, -0.05) is 0 Å². The van der Waals surface area contributed by atoms with Gasteiger partial charge < -0.3 is 9.64 Å². The second-order valence-electron chi connectivity index (χ2n) is 5.70. The van der Waals surface area contributed by atoms with Crippen LogP contribution in [0.3, 0.4) is 0 Å². The Morgan fingerprint density at radius 3 is 2.54 bits per heavy atom. The van der Waals surface area contributed by atoms with Crippen molar-refractivity contribution in [2.75, 3.05) is 31.2 Å². The van der Waals surface area contributed by atoms with E-state index in [1.165, 1.54) is 11.5 Å². The summed E-state index contributed by atoms with van der Waals surface area (Å²) >= 11 is 0. The van der Waals surface area contributed by atoms with Crippen LogP contribution in [0.2, 0.25) is 0 Å². The maximum Gasteiger partial charge on any atom is 0.263 e. The topological polar surface area (TPSA) is 64.4 Å². The number of fused-ring (bicyclic) bond motifs is 1. The van der Waals surface area contributed by atoms with Gasteiger partial charge in [0.05, 0.1) is 24.1 Å². The summed E-state index contributed by atoms with van der Waals surface area (Å²) in [5, 5.41) is 0.0255. The third-order valence-corrected chi connectivity index (χ3v) is 4.10. The summed E-state index contributed by atoms with van der Waals surface area (Å²) in [7, 11) is 1.54. The Morgan fingerprint density at radius 1 is 1.29 bits per heavy atom. The van der Waals surface area contributed by atoms with Crippen molar-refractivity contribution in [3.05, 3.63) is 33.6 Å². The first-order chi connectivity index (χ1) is 11.4. The van der Waals surface area contributed by atoms with E-state index in [-0.39, 0.29) is 22.0 Å². The Labute approximate surface area is 136 Å². The van der Waals surface area contributed by atoms with E-state index in [2.05, 4.69) is 4.98 Å². The molecule has 1 aromatic heterocycles. The van der Waals surface area contributed by atoms with E-state index in [1.807, 2.05) is 4.90 Å². The molecule has 1 aliphatic heterocycles. The molecule has 1 fully saturated rings. The molecular formula is C16H17F2N3O3. The molecule has 1 saturated heterocycles. The van der Waals surface area contributed by atoms with Crippen molar-refractivity contribution in [1.29, 1.82) is 0 Å². The molecule has 0 radical (unpaired) electrons. The number of hydrogen-bond acceptors (Lipinski definition) is 5. The minimum atomic E-state index is -2.77. The molecule has 0 bridgehead atoms. The number of hydrogen-bond donors (Lipinski definition) is 0. The van der Waals surface area contributed by atoms with Crippen molar-refractivity contribution >= 4 is 22.6 Å². The lowest BCUT2D eigenvalue weighted by molar-refractivity contribution is 0.101. The van der Waals surface area contributed by atoms with Crippen LogP contribution in [0.5, 0.6) is 0 Å². The van der Waals surface area contributed by atoms with Gasteiger partial charge in [-0.05, 0) is 19.1 Å². The lowest BCUT2D eigenvalue weighted by atomic mass is 10.0. The van der Waals surface area contributed by atoms with E-state index in [4.69, 9.17) is 4.74 Å². The lowest BCUT2D eigenvalue weighted by Crippen LogP contribution is -2.40. The fourth-order valence-corrected chi connectivity index (χ4v) is 2.83. The summed E-state index contributed by atoms with van der Waals surface area (Å²) in [6.07, 6.45) is -2.77. The molecule has 8 heteroatoms. The average molecular weight is 337 g/mol. The molecule has 0 unspecified atom stereocenters. The van der Waals surface area contributed by atoms with E-state index in [0.717, 1.165) is 12.1 Å². The number of rotatable bonds is 3. The van der Waals surface area contributed by atoms with Crippen LogP contribution in [-0.4, -0.2) is 41.6 Å². The Balaban J connectivity index is 2.29. The second-order valence-corrected chi connectivity index (χ2v) is 5.70. The molecule has 0 aliphatic carbocycles. The summed E-state index contributed by atoms with van der Waals surface area (Å²) < 4.78 is 32.8. The molecule has 3 rings (SSSR count). The molecule has 0 amide bonds. The molecule has 0 atom stereocenters. The highest BCUT2D eigenvalue weighted by molar-refractivity contribution is 6.05.